The number of hydrogen-bond acceptors (Lipinski definition) is 3. The van der Waals surface area contributed by atoms with Crippen molar-refractivity contribution in [2.75, 3.05) is 18.4 Å². The predicted octanol–water partition coefficient (Wildman–Crippen LogP) is 3.04. The standard InChI is InChI=1S/C16H18ClF3N2O2/c17-10-5-11(18)7-12(6-10)21-8-13(23)22-9-16(19,20)14(24)15(22)3-1-2-4-15/h5-7,14,21,24H,1-4,8-9H2. The first-order chi connectivity index (χ1) is 11.2. The van der Waals surface area contributed by atoms with Crippen LogP contribution >= 0.6 is 11.6 Å². The topological polar surface area (TPSA) is 52.6 Å². The van der Waals surface area contributed by atoms with Crippen LogP contribution in [0.1, 0.15) is 25.7 Å². The van der Waals surface area contributed by atoms with Gasteiger partial charge in [-0.05, 0) is 31.0 Å². The summed E-state index contributed by atoms with van der Waals surface area (Å²) in [7, 11) is 0. The SMILES string of the molecule is O=C(CNc1cc(F)cc(Cl)c1)N1CC(F)(F)C(O)C12CCCC2. The lowest BCUT2D eigenvalue weighted by Gasteiger charge is -2.36. The van der Waals surface area contributed by atoms with E-state index in [1.807, 2.05) is 0 Å². The second kappa shape index (κ2) is 6.11. The number of aliphatic hydroxyl groups is 1. The molecule has 1 heterocycles. The predicted molar refractivity (Wildman–Crippen MR) is 83.8 cm³/mol. The highest BCUT2D eigenvalue weighted by Gasteiger charge is 2.64. The molecule has 24 heavy (non-hydrogen) atoms. The molecule has 0 bridgehead atoms. The van der Waals surface area contributed by atoms with Gasteiger partial charge in [0.25, 0.3) is 5.92 Å². The first-order valence-corrected chi connectivity index (χ1v) is 8.19. The van der Waals surface area contributed by atoms with Gasteiger partial charge in [-0.1, -0.05) is 24.4 Å². The van der Waals surface area contributed by atoms with E-state index < -0.39 is 35.8 Å². The van der Waals surface area contributed by atoms with Crippen molar-refractivity contribution < 1.29 is 23.1 Å². The molecule has 1 atom stereocenters. The molecule has 1 aromatic carbocycles. The van der Waals surface area contributed by atoms with E-state index in [9.17, 15) is 23.1 Å². The van der Waals surface area contributed by atoms with Gasteiger partial charge in [-0.3, -0.25) is 4.79 Å². The molecule has 3 rings (SSSR count). The highest BCUT2D eigenvalue weighted by molar-refractivity contribution is 6.30. The minimum Gasteiger partial charge on any atom is -0.384 e. The summed E-state index contributed by atoms with van der Waals surface area (Å²) in [4.78, 5) is 13.6. The van der Waals surface area contributed by atoms with Gasteiger partial charge >= 0.3 is 0 Å². The molecule has 1 aromatic rings. The maximum atomic E-state index is 14.0. The summed E-state index contributed by atoms with van der Waals surface area (Å²) in [6.07, 6.45) is 0.274. The van der Waals surface area contributed by atoms with Crippen molar-refractivity contribution in [3.05, 3.63) is 29.0 Å². The maximum absolute atomic E-state index is 14.0. The third-order valence-electron chi connectivity index (χ3n) is 4.89. The fourth-order valence-corrected chi connectivity index (χ4v) is 4.01. The molecule has 1 saturated heterocycles. The number of amides is 1. The van der Waals surface area contributed by atoms with Gasteiger partial charge in [0.2, 0.25) is 5.91 Å². The molecule has 1 spiro atoms. The summed E-state index contributed by atoms with van der Waals surface area (Å²) < 4.78 is 41.3. The molecular formula is C16H18ClF3N2O2. The third kappa shape index (κ3) is 2.95. The van der Waals surface area contributed by atoms with Crippen molar-refractivity contribution in [3.8, 4) is 0 Å². The van der Waals surface area contributed by atoms with Gasteiger partial charge in [-0.15, -0.1) is 0 Å². The molecule has 1 unspecified atom stereocenters. The Bertz CT molecular complexity index is 630. The fraction of sp³-hybridized carbons (Fsp3) is 0.562. The molecule has 4 nitrogen and oxygen atoms in total. The van der Waals surface area contributed by atoms with E-state index in [-0.39, 0.29) is 11.6 Å². The average molecular weight is 363 g/mol. The van der Waals surface area contributed by atoms with Crippen LogP contribution in [0.4, 0.5) is 18.9 Å². The molecule has 8 heteroatoms. The number of anilines is 1. The number of aliphatic hydroxyl groups excluding tert-OH is 1. The molecule has 1 aliphatic heterocycles. The molecule has 1 amide bonds. The molecule has 2 N–H and O–H groups in total. The quantitative estimate of drug-likeness (QED) is 0.869. The van der Waals surface area contributed by atoms with Crippen LogP contribution < -0.4 is 5.32 Å². The van der Waals surface area contributed by atoms with E-state index in [0.29, 0.717) is 31.4 Å². The van der Waals surface area contributed by atoms with Crippen LogP contribution in [0, 0.1) is 5.82 Å². The van der Waals surface area contributed by atoms with E-state index >= 15 is 0 Å². The smallest absolute Gasteiger partial charge is 0.292 e. The summed E-state index contributed by atoms with van der Waals surface area (Å²) >= 11 is 5.74. The van der Waals surface area contributed by atoms with E-state index in [1.54, 1.807) is 0 Å². The summed E-state index contributed by atoms with van der Waals surface area (Å²) in [6, 6.07) is 3.73. The molecular weight excluding hydrogens is 345 g/mol. The van der Waals surface area contributed by atoms with Crippen LogP contribution in [0.5, 0.6) is 0 Å². The molecule has 1 saturated carbocycles. The number of alkyl halides is 2. The monoisotopic (exact) mass is 362 g/mol. The minimum absolute atomic E-state index is 0.167. The number of likely N-dealkylation sites (tertiary alicyclic amines) is 1. The van der Waals surface area contributed by atoms with Gasteiger partial charge in [0, 0.05) is 10.7 Å². The minimum atomic E-state index is -3.32. The van der Waals surface area contributed by atoms with Crippen molar-refractivity contribution in [3.63, 3.8) is 0 Å². The molecule has 0 radical (unpaired) electrons. The maximum Gasteiger partial charge on any atom is 0.292 e. The Morgan fingerprint density at radius 1 is 1.33 bits per heavy atom. The summed E-state index contributed by atoms with van der Waals surface area (Å²) in [5, 5.41) is 12.9. The van der Waals surface area contributed by atoms with Gasteiger partial charge in [0.05, 0.1) is 18.6 Å². The fourth-order valence-electron chi connectivity index (χ4n) is 3.79. The normalized spacial score (nSPS) is 24.5. The van der Waals surface area contributed by atoms with Gasteiger partial charge in [-0.2, -0.15) is 0 Å². The Balaban J connectivity index is 1.74. The van der Waals surface area contributed by atoms with Gasteiger partial charge < -0.3 is 15.3 Å². The Labute approximate surface area is 142 Å². The van der Waals surface area contributed by atoms with E-state index in [0.717, 1.165) is 17.0 Å². The summed E-state index contributed by atoms with van der Waals surface area (Å²) in [6.45, 7) is -1.07. The van der Waals surface area contributed by atoms with Crippen LogP contribution in [0.25, 0.3) is 0 Å². The van der Waals surface area contributed by atoms with Gasteiger partial charge in [-0.25, -0.2) is 13.2 Å². The van der Waals surface area contributed by atoms with E-state index in [1.165, 1.54) is 6.07 Å². The van der Waals surface area contributed by atoms with Crippen LogP contribution in [-0.4, -0.2) is 46.6 Å². The highest BCUT2D eigenvalue weighted by Crippen LogP contribution is 2.48. The van der Waals surface area contributed by atoms with Crippen LogP contribution in [0.2, 0.25) is 5.02 Å². The lowest BCUT2D eigenvalue weighted by atomic mass is 9.90. The molecule has 2 aliphatic rings. The lowest BCUT2D eigenvalue weighted by molar-refractivity contribution is -0.135. The van der Waals surface area contributed by atoms with Crippen molar-refractivity contribution >= 4 is 23.2 Å². The number of halogens is 4. The first-order valence-electron chi connectivity index (χ1n) is 7.81. The third-order valence-corrected chi connectivity index (χ3v) is 5.11. The zero-order valence-electron chi connectivity index (χ0n) is 12.9. The van der Waals surface area contributed by atoms with Crippen molar-refractivity contribution in [2.45, 2.75) is 43.2 Å². The Hall–Kier alpha value is -1.47. The number of nitrogens with one attached hydrogen (secondary N) is 1. The molecule has 132 valence electrons. The Morgan fingerprint density at radius 3 is 2.62 bits per heavy atom. The summed E-state index contributed by atoms with van der Waals surface area (Å²) in [5.74, 6) is -4.43. The second-order valence-electron chi connectivity index (χ2n) is 6.47. The highest BCUT2D eigenvalue weighted by atomic mass is 35.5. The number of hydrogen-bond donors (Lipinski definition) is 2. The molecule has 0 aromatic heterocycles. The second-order valence-corrected chi connectivity index (χ2v) is 6.90. The van der Waals surface area contributed by atoms with Gasteiger partial charge in [0.1, 0.15) is 11.9 Å². The number of carbonyl (C=O) groups excluding carboxylic acids is 1. The van der Waals surface area contributed by atoms with Crippen molar-refractivity contribution in [2.24, 2.45) is 0 Å². The number of nitrogens with zero attached hydrogens (tertiary/aromatic N) is 1. The number of rotatable bonds is 3. The Kier molecular flexibility index (Phi) is 4.42. The van der Waals surface area contributed by atoms with Crippen LogP contribution in [-0.2, 0) is 4.79 Å². The molecule has 1 aliphatic carbocycles. The largest absolute Gasteiger partial charge is 0.384 e. The first kappa shape index (κ1) is 17.4. The number of benzene rings is 1. The zero-order valence-corrected chi connectivity index (χ0v) is 13.6. The number of carbonyl (C=O) groups is 1. The average Bonchev–Trinajstić information content (AvgIpc) is 3.05. The Morgan fingerprint density at radius 2 is 2.00 bits per heavy atom. The van der Waals surface area contributed by atoms with E-state index in [2.05, 4.69) is 5.32 Å². The van der Waals surface area contributed by atoms with Crippen molar-refractivity contribution in [1.82, 2.24) is 4.90 Å². The summed E-state index contributed by atoms with van der Waals surface area (Å²) in [5.41, 5.74) is -0.901. The van der Waals surface area contributed by atoms with Gasteiger partial charge in [0.15, 0.2) is 0 Å². The molecule has 2 fully saturated rings. The van der Waals surface area contributed by atoms with Crippen molar-refractivity contribution in [1.29, 1.82) is 0 Å². The lowest BCUT2D eigenvalue weighted by Crippen LogP contribution is -2.53. The zero-order chi connectivity index (χ0) is 17.5. The van der Waals surface area contributed by atoms with Crippen LogP contribution in [0.15, 0.2) is 18.2 Å². The van der Waals surface area contributed by atoms with E-state index in [4.69, 9.17) is 11.6 Å². The van der Waals surface area contributed by atoms with Crippen LogP contribution in [0.3, 0.4) is 0 Å².